The van der Waals surface area contributed by atoms with Crippen LogP contribution in [0.5, 0.6) is 0 Å². The average molecular weight is 1420 g/mol. The number of aliphatic imine (C=N–C) groups is 4. The first-order valence-corrected chi connectivity index (χ1v) is 34.7. The summed E-state index contributed by atoms with van der Waals surface area (Å²) >= 11 is 0. The fraction of sp³-hybridized carbons (Fsp3) is 0.464. The number of methoxy groups -OCH3 is 3. The van der Waals surface area contributed by atoms with Gasteiger partial charge in [0.15, 0.2) is 23.5 Å². The number of ether oxygens (including phenoxy) is 4. The molecule has 100 heavy (non-hydrogen) atoms. The van der Waals surface area contributed by atoms with Crippen molar-refractivity contribution in [3.05, 3.63) is 115 Å². The van der Waals surface area contributed by atoms with E-state index in [1.807, 2.05) is 52.0 Å². The van der Waals surface area contributed by atoms with E-state index in [4.69, 9.17) is 51.9 Å². The van der Waals surface area contributed by atoms with Gasteiger partial charge in [-0.3, -0.25) is 58.1 Å². The van der Waals surface area contributed by atoms with E-state index in [9.17, 15) is 63.0 Å². The molecule has 5 aliphatic rings. The SMILES string of the molecule is C=CC1=C(C)C2=NC1=Cc1[nH]c(c(CCC(=O)OCCSSCC(NC(C)=O)C(=O)C[C@@H](CCCN=C(N)N)C(=O)NCC(=O)C[C@@H](CC(=O)O)C(=O)N[C@@H](CCCN=C(N)N)C(=O)O)c1C)C=C1CC(=CC3=NC(=C2)C2=CC=C(C(=O)OC)C(C(=O)OC)[C@]23C)C(C)=C1CCC(=O)OC. The van der Waals surface area contributed by atoms with Crippen LogP contribution in [0.15, 0.2) is 113 Å². The highest BCUT2D eigenvalue weighted by molar-refractivity contribution is 8.76. The molecule has 29 nitrogen and oxygen atoms in total. The molecule has 4 heterocycles. The summed E-state index contributed by atoms with van der Waals surface area (Å²) in [5.41, 5.74) is 31.4. The Labute approximate surface area is 586 Å². The molecule has 0 saturated heterocycles. The number of ketones is 2. The zero-order valence-corrected chi connectivity index (χ0v) is 58.9. The number of nitrogens with two attached hydrogens (primary N) is 4. The van der Waals surface area contributed by atoms with E-state index in [2.05, 4.69) is 37.5 Å². The highest BCUT2D eigenvalue weighted by Gasteiger charge is 2.55. The zero-order valence-electron chi connectivity index (χ0n) is 57.3. The number of aliphatic carboxylic acids is 2. The number of allylic oxidation sites excluding steroid dienone is 11. The van der Waals surface area contributed by atoms with Gasteiger partial charge in [-0.2, -0.15) is 0 Å². The summed E-state index contributed by atoms with van der Waals surface area (Å²) in [6.07, 6.45) is 12.1. The Balaban J connectivity index is 1.15. The van der Waals surface area contributed by atoms with Crippen molar-refractivity contribution in [2.75, 3.05) is 59.1 Å². The van der Waals surface area contributed by atoms with Crippen molar-refractivity contribution < 1.29 is 81.9 Å². The molecule has 3 amide bonds. The molecular formula is C69H88N12O17S2. The van der Waals surface area contributed by atoms with Crippen LogP contribution in [0.3, 0.4) is 0 Å². The summed E-state index contributed by atoms with van der Waals surface area (Å²) in [6.45, 7) is 12.5. The molecule has 6 atom stereocenters. The maximum atomic E-state index is 14.0. The third kappa shape index (κ3) is 20.8. The van der Waals surface area contributed by atoms with Crippen molar-refractivity contribution >= 4 is 122 Å². The number of aromatic amines is 1. The van der Waals surface area contributed by atoms with Crippen molar-refractivity contribution in [2.24, 2.45) is 66.1 Å². The molecule has 14 N–H and O–H groups in total. The molecule has 0 fully saturated rings. The molecule has 3 aliphatic heterocycles. The molecule has 0 aromatic carbocycles. The molecule has 31 heteroatoms. The summed E-state index contributed by atoms with van der Waals surface area (Å²) in [4.78, 5) is 166. The first-order chi connectivity index (χ1) is 47.4. The Morgan fingerprint density at radius 2 is 1.45 bits per heavy atom. The number of H-pyrrole nitrogens is 1. The van der Waals surface area contributed by atoms with Gasteiger partial charge in [-0.05, 0) is 142 Å². The van der Waals surface area contributed by atoms with Crippen molar-refractivity contribution in [1.82, 2.24) is 20.9 Å². The summed E-state index contributed by atoms with van der Waals surface area (Å²) in [6, 6.07) is -2.54. The minimum absolute atomic E-state index is 0.0175. The van der Waals surface area contributed by atoms with Crippen molar-refractivity contribution in [3.63, 3.8) is 0 Å². The maximum Gasteiger partial charge on any atom is 0.334 e. The predicted octanol–water partition coefficient (Wildman–Crippen LogP) is 4.57. The van der Waals surface area contributed by atoms with Crippen LogP contribution >= 0.6 is 21.6 Å². The van der Waals surface area contributed by atoms with E-state index in [0.717, 1.165) is 44.6 Å². The molecule has 2 unspecified atom stereocenters. The first-order valence-electron chi connectivity index (χ1n) is 32.2. The minimum atomic E-state index is -1.51. The second-order valence-electron chi connectivity index (χ2n) is 24.4. The van der Waals surface area contributed by atoms with Gasteiger partial charge in [0, 0.05) is 80.1 Å². The number of nitrogens with zero attached hydrogens (tertiary/aromatic N) is 4. The number of fused-ring (bicyclic) bond motifs is 9. The van der Waals surface area contributed by atoms with E-state index >= 15 is 0 Å². The van der Waals surface area contributed by atoms with Crippen LogP contribution in [0.4, 0.5) is 0 Å². The Bertz CT molecular complexity index is 3850. The van der Waals surface area contributed by atoms with E-state index in [1.54, 1.807) is 18.2 Å². The van der Waals surface area contributed by atoms with Gasteiger partial charge in [0.2, 0.25) is 17.7 Å². The number of hydrogen-bond acceptors (Lipinski definition) is 21. The number of carbonyl (C=O) groups excluding carboxylic acids is 9. The Morgan fingerprint density at radius 1 is 0.760 bits per heavy atom. The van der Waals surface area contributed by atoms with Crippen LogP contribution in [0.2, 0.25) is 0 Å². The number of guanidine groups is 2. The van der Waals surface area contributed by atoms with Crippen LogP contribution in [-0.2, 0) is 78.1 Å². The average Bonchev–Trinajstić information content (AvgIpc) is 1.54. The van der Waals surface area contributed by atoms with Gasteiger partial charge >= 0.3 is 35.8 Å². The van der Waals surface area contributed by atoms with E-state index in [-0.39, 0.29) is 93.6 Å². The number of rotatable bonds is 37. The zero-order chi connectivity index (χ0) is 73.7. The van der Waals surface area contributed by atoms with Gasteiger partial charge in [0.05, 0.1) is 80.1 Å². The number of carboxylic acids is 2. The lowest BCUT2D eigenvalue weighted by Gasteiger charge is -2.37. The fourth-order valence-corrected chi connectivity index (χ4v) is 14.4. The van der Waals surface area contributed by atoms with Crippen LogP contribution in [0.1, 0.15) is 121 Å². The second-order valence-corrected chi connectivity index (χ2v) is 27.0. The molecule has 0 saturated carbocycles. The number of carboxylic acid groups (broad SMARTS) is 2. The van der Waals surface area contributed by atoms with Crippen LogP contribution < -0.4 is 38.9 Å². The van der Waals surface area contributed by atoms with E-state index in [1.165, 1.54) is 49.8 Å². The predicted molar refractivity (Wildman–Crippen MR) is 378 cm³/mol. The molecule has 1 aromatic heterocycles. The summed E-state index contributed by atoms with van der Waals surface area (Å²) in [5.74, 6) is -12.6. The standard InChI is InChI=1S/C69H88N12O17S2/c1-10-44-36(3)51-32-54-48-18-15-47(65(93)96-8)61(66(94)97-9)69(48,6)57(80-54)29-40-25-41(45(35(40)2)16-19-59(87)95-7)27-52-46(37(4)50(78-52)31-53(44)79-51)17-20-60(88)98-23-24-99-100-34-55(77-38(5)82)56(84)28-39(13-11-21-74-67(70)71)62(89)76-33-43(83)26-42(30-58(85)86)63(90)81-49(64(91)92)14-12-22-75-68(72)73/h10,15,18,27,29,31-32,39,42,49,55,61,78H,1,11-14,16-17,19-26,28,30,33-34H2,2-9H3,(H,76,89)(H,77,82)(H,81,90)(H,85,86)(H,91,92)(H4,70,71,74)(H4,72,73,75)/t39-,42+,49+,55?,61?,69-/m1/s1. The van der Waals surface area contributed by atoms with Crippen LogP contribution in [0.25, 0.3) is 12.2 Å². The lowest BCUT2D eigenvalue weighted by Crippen LogP contribution is -2.45. The number of nitrogens with one attached hydrogen (secondary N) is 4. The maximum absolute atomic E-state index is 14.0. The summed E-state index contributed by atoms with van der Waals surface area (Å²) in [5, 5.41) is 26.6. The lowest BCUT2D eigenvalue weighted by atomic mass is 9.63. The molecule has 0 spiro atoms. The molecule has 0 radical (unpaired) electrons. The fourth-order valence-electron chi connectivity index (χ4n) is 12.3. The van der Waals surface area contributed by atoms with Gasteiger partial charge in [0.25, 0.3) is 0 Å². The monoisotopic (exact) mass is 1420 g/mol. The number of Topliss-reactive ketones (excluding diaryl/α,β-unsaturated/α-hetero) is 2. The normalized spacial score (nSPS) is 17.8. The Morgan fingerprint density at radius 3 is 2.08 bits per heavy atom. The molecular weight excluding hydrogens is 1330 g/mol. The number of hydrogen-bond donors (Lipinski definition) is 10. The third-order valence-corrected chi connectivity index (χ3v) is 20.0. The van der Waals surface area contributed by atoms with Gasteiger partial charge < -0.3 is 73.0 Å². The Hall–Kier alpha value is -9.91. The number of amides is 3. The number of aromatic nitrogens is 1. The van der Waals surface area contributed by atoms with Crippen molar-refractivity contribution in [1.29, 1.82) is 0 Å². The summed E-state index contributed by atoms with van der Waals surface area (Å²) in [7, 11) is 6.32. The smallest absolute Gasteiger partial charge is 0.334 e. The van der Waals surface area contributed by atoms with E-state index in [0.29, 0.717) is 52.6 Å². The first kappa shape index (κ1) is 79.1. The van der Waals surface area contributed by atoms with E-state index < -0.39 is 126 Å². The quantitative estimate of drug-likeness (QED) is 0.0109. The molecule has 8 bridgehead atoms. The van der Waals surface area contributed by atoms with Crippen molar-refractivity contribution in [3.8, 4) is 0 Å². The van der Waals surface area contributed by atoms with Crippen LogP contribution in [-0.4, -0.2) is 175 Å². The van der Waals surface area contributed by atoms with Gasteiger partial charge in [0.1, 0.15) is 18.6 Å². The molecule has 538 valence electrons. The third-order valence-electron chi connectivity index (χ3n) is 17.6. The van der Waals surface area contributed by atoms with Crippen molar-refractivity contribution in [2.45, 2.75) is 124 Å². The van der Waals surface area contributed by atoms with Gasteiger partial charge in [-0.25, -0.2) is 14.6 Å². The van der Waals surface area contributed by atoms with Crippen LogP contribution in [0, 0.1) is 30.1 Å². The lowest BCUT2D eigenvalue weighted by molar-refractivity contribution is -0.149. The summed E-state index contributed by atoms with van der Waals surface area (Å²) < 4.78 is 21.4. The number of esters is 4. The largest absolute Gasteiger partial charge is 0.481 e. The van der Waals surface area contributed by atoms with Gasteiger partial charge in [-0.15, -0.1) is 0 Å². The Kier molecular flexibility index (Phi) is 29.1. The van der Waals surface area contributed by atoms with Gasteiger partial charge in [-0.1, -0.05) is 46.4 Å². The number of carbonyl (C=O) groups is 11. The molecule has 6 rings (SSSR count). The second kappa shape index (κ2) is 36.8. The topological polar surface area (TPSA) is 471 Å². The molecule has 1 aromatic rings. The minimum Gasteiger partial charge on any atom is -0.481 e. The molecule has 2 aliphatic carbocycles. The highest BCUT2D eigenvalue weighted by Crippen LogP contribution is 2.54. The highest BCUT2D eigenvalue weighted by atomic mass is 33.1.